The maximum absolute atomic E-state index is 12.8. The van der Waals surface area contributed by atoms with E-state index < -0.39 is 47.0 Å². The Hall–Kier alpha value is -1.46. The van der Waals surface area contributed by atoms with Crippen molar-refractivity contribution in [2.24, 2.45) is 5.73 Å². The van der Waals surface area contributed by atoms with E-state index in [1.54, 1.807) is 0 Å². The molecule has 1 amide bonds. The number of amides is 1. The summed E-state index contributed by atoms with van der Waals surface area (Å²) in [4.78, 5) is 28.1. The highest BCUT2D eigenvalue weighted by Gasteiger charge is 2.65. The van der Waals surface area contributed by atoms with Crippen molar-refractivity contribution >= 4 is 28.8 Å². The molecule has 0 aromatic carbocycles. The molecule has 2 saturated heterocycles. The zero-order chi connectivity index (χ0) is 27.2. The van der Waals surface area contributed by atoms with E-state index in [0.29, 0.717) is 0 Å². The van der Waals surface area contributed by atoms with Gasteiger partial charge in [0, 0.05) is 13.1 Å². The van der Waals surface area contributed by atoms with Gasteiger partial charge in [0.05, 0.1) is 6.61 Å². The van der Waals surface area contributed by atoms with Gasteiger partial charge in [-0.1, -0.05) is 55.4 Å². The van der Waals surface area contributed by atoms with Gasteiger partial charge in [-0.25, -0.2) is 4.79 Å². The van der Waals surface area contributed by atoms with E-state index in [9.17, 15) is 14.7 Å². The van der Waals surface area contributed by atoms with Crippen molar-refractivity contribution in [3.8, 4) is 0 Å². The van der Waals surface area contributed by atoms with Crippen LogP contribution in [0.5, 0.6) is 0 Å². The minimum absolute atomic E-state index is 0.0282. The average molecular weight is 543 g/mol. The van der Waals surface area contributed by atoms with E-state index in [4.69, 9.17) is 23.4 Å². The van der Waals surface area contributed by atoms with Crippen molar-refractivity contribution in [1.29, 1.82) is 0 Å². The Morgan fingerprint density at radius 2 is 1.69 bits per heavy atom. The van der Waals surface area contributed by atoms with E-state index in [1.165, 1.54) is 19.2 Å². The van der Waals surface area contributed by atoms with Crippen molar-refractivity contribution in [3.63, 3.8) is 0 Å². The van der Waals surface area contributed by atoms with Gasteiger partial charge >= 0.3 is 22.8 Å². The summed E-state index contributed by atoms with van der Waals surface area (Å²) < 4.78 is 28.0. The second kappa shape index (κ2) is 10.4. The van der Waals surface area contributed by atoms with Gasteiger partial charge < -0.3 is 28.1 Å². The molecule has 1 aromatic heterocycles. The Morgan fingerprint density at radius 3 is 2.17 bits per heavy atom. The molecule has 13 heteroatoms. The van der Waals surface area contributed by atoms with E-state index >= 15 is 0 Å². The zero-order valence-electron chi connectivity index (χ0n) is 22.8. The molecule has 2 aliphatic rings. The first-order valence-electron chi connectivity index (χ1n) is 12.6. The topological polar surface area (TPSA) is 147 Å². The molecule has 0 aliphatic carbocycles. The number of fused-ring (bicyclic) bond motifs is 1. The van der Waals surface area contributed by atoms with Crippen LogP contribution in [0.4, 0.5) is 5.82 Å². The Balaban J connectivity index is 2.09. The summed E-state index contributed by atoms with van der Waals surface area (Å²) in [6.07, 6.45) is -1.62. The number of nitrogens with zero attached hydrogens (tertiary/aromatic N) is 2. The summed E-state index contributed by atoms with van der Waals surface area (Å²) in [5, 5.41) is 14.1. The molecule has 0 bridgehead atoms. The lowest BCUT2D eigenvalue weighted by molar-refractivity contribution is -0.114. The monoisotopic (exact) mass is 542 g/mol. The van der Waals surface area contributed by atoms with Crippen LogP contribution in [0, 0.1) is 0 Å². The first-order chi connectivity index (χ1) is 16.6. The standard InChI is InChI=1S/C23H42N4O7Si2/c1-13(2)35(14(3)4)31-12-18-20(33-36(34-35,15(5)6)16(7)8)23(24,30)21(32-18)27-11-10-19(25-17(9)28)26-22(27)29/h10-11,13-16,18,20-21,30H,12,24H2,1-9H3,(H,25,26,28,29)/t18?,20-,21-,23?/m1/s1. The molecule has 11 nitrogen and oxygen atoms in total. The minimum Gasteiger partial charge on any atom is -0.414 e. The minimum atomic E-state index is -3.06. The molecule has 4 atom stereocenters. The molecule has 1 aromatic rings. The van der Waals surface area contributed by atoms with Gasteiger partial charge in [-0.15, -0.1) is 0 Å². The predicted octanol–water partition coefficient (Wildman–Crippen LogP) is 2.70. The Morgan fingerprint density at radius 1 is 1.14 bits per heavy atom. The quantitative estimate of drug-likeness (QED) is 0.364. The van der Waals surface area contributed by atoms with Gasteiger partial charge in [-0.2, -0.15) is 4.98 Å². The molecular formula is C23H42N4O7Si2. The molecule has 36 heavy (non-hydrogen) atoms. The molecule has 2 aliphatic heterocycles. The molecule has 3 rings (SSSR count). The van der Waals surface area contributed by atoms with Crippen molar-refractivity contribution in [2.45, 2.75) is 109 Å². The number of carbonyl (C=O) groups excluding carboxylic acids is 1. The highest BCUT2D eigenvalue weighted by Crippen LogP contribution is 2.49. The SMILES string of the molecule is CC(=O)Nc1ccn([C@@H]2OC3CO[Si](C(C)C)(C(C)C)O[Si](C(C)C)(C(C)C)O[C@H]3C2(N)O)c(=O)n1. The van der Waals surface area contributed by atoms with Gasteiger partial charge in [0.1, 0.15) is 18.0 Å². The summed E-state index contributed by atoms with van der Waals surface area (Å²) in [5.41, 5.74) is 4.04. The zero-order valence-corrected chi connectivity index (χ0v) is 24.8. The fourth-order valence-electron chi connectivity index (χ4n) is 5.33. The van der Waals surface area contributed by atoms with Crippen LogP contribution in [0.3, 0.4) is 0 Å². The van der Waals surface area contributed by atoms with Crippen LogP contribution in [0.25, 0.3) is 0 Å². The number of anilines is 1. The van der Waals surface area contributed by atoms with Gasteiger partial charge in [-0.05, 0) is 28.2 Å². The van der Waals surface area contributed by atoms with Crippen molar-refractivity contribution in [3.05, 3.63) is 22.7 Å². The fraction of sp³-hybridized carbons (Fsp3) is 0.783. The summed E-state index contributed by atoms with van der Waals surface area (Å²) >= 11 is 0. The number of aliphatic hydroxyl groups is 1. The third-order valence-corrected chi connectivity index (χ3v) is 17.4. The summed E-state index contributed by atoms with van der Waals surface area (Å²) in [6, 6.07) is 1.44. The van der Waals surface area contributed by atoms with Crippen molar-refractivity contribution in [2.75, 3.05) is 11.9 Å². The third-order valence-electron chi connectivity index (χ3n) is 7.20. The lowest BCUT2D eigenvalue weighted by Gasteiger charge is -2.51. The summed E-state index contributed by atoms with van der Waals surface area (Å²) in [5.74, 6) is -0.264. The predicted molar refractivity (Wildman–Crippen MR) is 140 cm³/mol. The molecule has 204 valence electrons. The highest BCUT2D eigenvalue weighted by atomic mass is 28.5. The van der Waals surface area contributed by atoms with Crippen LogP contribution in [0.15, 0.2) is 17.1 Å². The van der Waals surface area contributed by atoms with Crippen molar-refractivity contribution in [1.82, 2.24) is 9.55 Å². The smallest absolute Gasteiger partial charge is 0.351 e. The second-order valence-corrected chi connectivity index (χ2v) is 20.0. The summed E-state index contributed by atoms with van der Waals surface area (Å²) in [7, 11) is -5.87. The van der Waals surface area contributed by atoms with Crippen LogP contribution in [-0.4, -0.2) is 62.2 Å². The Bertz CT molecular complexity index is 998. The van der Waals surface area contributed by atoms with E-state index in [2.05, 4.69) is 65.7 Å². The molecule has 0 saturated carbocycles. The number of nitrogens with one attached hydrogen (secondary N) is 1. The highest BCUT2D eigenvalue weighted by molar-refractivity contribution is 6.84. The molecule has 0 radical (unpaired) electrons. The van der Waals surface area contributed by atoms with Crippen LogP contribution in [0.2, 0.25) is 22.2 Å². The normalized spacial score (nSPS) is 29.9. The molecule has 2 unspecified atom stereocenters. The lowest BCUT2D eigenvalue weighted by Crippen LogP contribution is -2.68. The fourth-order valence-corrected chi connectivity index (χ4v) is 16.6. The van der Waals surface area contributed by atoms with Crippen LogP contribution < -0.4 is 16.7 Å². The number of hydrogen-bond donors (Lipinski definition) is 3. The molecule has 2 fully saturated rings. The van der Waals surface area contributed by atoms with E-state index in [0.717, 1.165) is 4.57 Å². The molecule has 3 heterocycles. The molecule has 4 N–H and O–H groups in total. The van der Waals surface area contributed by atoms with Gasteiger partial charge in [0.15, 0.2) is 12.0 Å². The van der Waals surface area contributed by atoms with Crippen molar-refractivity contribution < 1.29 is 27.6 Å². The summed E-state index contributed by atoms with van der Waals surface area (Å²) in [6.45, 7) is 18.2. The van der Waals surface area contributed by atoms with Crippen LogP contribution in [-0.2, 0) is 22.5 Å². The number of nitrogens with two attached hydrogens (primary N) is 1. The number of rotatable bonds is 6. The Labute approximate surface area is 215 Å². The van der Waals surface area contributed by atoms with E-state index in [1.807, 2.05) is 0 Å². The van der Waals surface area contributed by atoms with Gasteiger partial charge in [0.25, 0.3) is 0 Å². The molecule has 0 spiro atoms. The number of hydrogen-bond acceptors (Lipinski definition) is 9. The number of ether oxygens (including phenoxy) is 1. The second-order valence-electron chi connectivity index (χ2n) is 11.1. The van der Waals surface area contributed by atoms with Crippen LogP contribution >= 0.6 is 0 Å². The third kappa shape index (κ3) is 4.99. The first kappa shape index (κ1) is 29.1. The van der Waals surface area contributed by atoms with Gasteiger partial charge in [-0.3, -0.25) is 15.1 Å². The Kier molecular flexibility index (Phi) is 8.38. The number of aromatic nitrogens is 2. The van der Waals surface area contributed by atoms with Crippen LogP contribution in [0.1, 0.15) is 68.5 Å². The maximum Gasteiger partial charge on any atom is 0.351 e. The molecular weight excluding hydrogens is 500 g/mol. The van der Waals surface area contributed by atoms with E-state index in [-0.39, 0.29) is 40.5 Å². The average Bonchev–Trinajstić information content (AvgIpc) is 2.96. The number of carbonyl (C=O) groups is 1. The first-order valence-corrected chi connectivity index (χ1v) is 16.6. The maximum atomic E-state index is 12.8. The lowest BCUT2D eigenvalue weighted by atomic mass is 10.1. The van der Waals surface area contributed by atoms with Gasteiger partial charge in [0.2, 0.25) is 5.91 Å². The largest absolute Gasteiger partial charge is 0.414 e.